The van der Waals surface area contributed by atoms with Gasteiger partial charge in [0.1, 0.15) is 5.00 Å². The third kappa shape index (κ3) is 2.77. The molecule has 0 bridgehead atoms. The van der Waals surface area contributed by atoms with Crippen LogP contribution in [0.1, 0.15) is 23.7 Å². The van der Waals surface area contributed by atoms with Gasteiger partial charge in [0.2, 0.25) is 5.91 Å². The molecule has 1 rings (SSSR count). The second-order valence-electron chi connectivity index (χ2n) is 3.03. The first kappa shape index (κ1) is 11.7. The van der Waals surface area contributed by atoms with Gasteiger partial charge in [-0.15, -0.1) is 11.3 Å². The monoisotopic (exact) mass is 227 g/mol. The number of hydrogen-bond donors (Lipinski definition) is 3. The van der Waals surface area contributed by atoms with Gasteiger partial charge in [-0.3, -0.25) is 9.59 Å². The first-order chi connectivity index (χ1) is 7.06. The molecule has 0 fully saturated rings. The Kier molecular flexibility index (Phi) is 3.81. The summed E-state index contributed by atoms with van der Waals surface area (Å²) in [7, 11) is 0. The van der Waals surface area contributed by atoms with E-state index in [1.165, 1.54) is 11.3 Å². The zero-order valence-corrected chi connectivity index (χ0v) is 9.14. The molecule has 6 heteroatoms. The van der Waals surface area contributed by atoms with Gasteiger partial charge < -0.3 is 16.8 Å². The SMILES string of the molecule is CC[C@H](N)C(=O)Nc1sccc1C(N)=O. The maximum absolute atomic E-state index is 11.4. The molecule has 0 radical (unpaired) electrons. The minimum absolute atomic E-state index is 0.303. The molecule has 0 unspecified atom stereocenters. The van der Waals surface area contributed by atoms with E-state index in [-0.39, 0.29) is 5.91 Å². The minimum Gasteiger partial charge on any atom is -0.366 e. The Labute approximate surface area is 91.4 Å². The average Bonchev–Trinajstić information content (AvgIpc) is 2.64. The van der Waals surface area contributed by atoms with Crippen LogP contribution in [0.3, 0.4) is 0 Å². The van der Waals surface area contributed by atoms with Gasteiger partial charge in [-0.2, -0.15) is 0 Å². The van der Waals surface area contributed by atoms with Crippen molar-refractivity contribution in [1.29, 1.82) is 0 Å². The van der Waals surface area contributed by atoms with E-state index in [1.807, 2.05) is 6.92 Å². The fourth-order valence-electron chi connectivity index (χ4n) is 0.990. The first-order valence-electron chi connectivity index (χ1n) is 4.50. The van der Waals surface area contributed by atoms with Crippen LogP contribution in [-0.2, 0) is 4.79 Å². The van der Waals surface area contributed by atoms with E-state index in [2.05, 4.69) is 5.32 Å². The molecular formula is C9H13N3O2S. The highest BCUT2D eigenvalue weighted by atomic mass is 32.1. The predicted octanol–water partition coefficient (Wildman–Crippen LogP) is 0.523. The average molecular weight is 227 g/mol. The lowest BCUT2D eigenvalue weighted by Gasteiger charge is -2.09. The quantitative estimate of drug-likeness (QED) is 0.699. The van der Waals surface area contributed by atoms with E-state index in [1.54, 1.807) is 11.4 Å². The lowest BCUT2D eigenvalue weighted by Crippen LogP contribution is -2.35. The summed E-state index contributed by atoms with van der Waals surface area (Å²) in [5.74, 6) is -0.862. The Balaban J connectivity index is 2.76. The van der Waals surface area contributed by atoms with Crippen LogP contribution in [0.5, 0.6) is 0 Å². The molecule has 0 aliphatic heterocycles. The van der Waals surface area contributed by atoms with Gasteiger partial charge in [0.15, 0.2) is 0 Å². The Morgan fingerprint density at radius 2 is 2.27 bits per heavy atom. The number of anilines is 1. The third-order valence-corrected chi connectivity index (χ3v) is 2.77. The van der Waals surface area contributed by atoms with Crippen molar-refractivity contribution in [3.8, 4) is 0 Å². The van der Waals surface area contributed by atoms with E-state index in [9.17, 15) is 9.59 Å². The van der Waals surface area contributed by atoms with Crippen molar-refractivity contribution in [2.75, 3.05) is 5.32 Å². The highest BCUT2D eigenvalue weighted by Gasteiger charge is 2.15. The van der Waals surface area contributed by atoms with Gasteiger partial charge in [0.05, 0.1) is 11.6 Å². The molecular weight excluding hydrogens is 214 g/mol. The molecule has 5 nitrogen and oxygen atoms in total. The molecule has 2 amide bonds. The number of carbonyl (C=O) groups is 2. The molecule has 0 aliphatic rings. The smallest absolute Gasteiger partial charge is 0.251 e. The summed E-state index contributed by atoms with van der Waals surface area (Å²) >= 11 is 1.25. The number of thiophene rings is 1. The molecule has 5 N–H and O–H groups in total. The molecule has 0 saturated carbocycles. The Morgan fingerprint density at radius 3 is 2.80 bits per heavy atom. The summed E-state index contributed by atoms with van der Waals surface area (Å²) in [4.78, 5) is 22.4. The van der Waals surface area contributed by atoms with Gasteiger partial charge in [-0.05, 0) is 17.9 Å². The normalized spacial score (nSPS) is 12.1. The van der Waals surface area contributed by atoms with E-state index in [0.29, 0.717) is 17.0 Å². The van der Waals surface area contributed by atoms with Gasteiger partial charge in [-0.25, -0.2) is 0 Å². The minimum atomic E-state index is -0.562. The number of hydrogen-bond acceptors (Lipinski definition) is 4. The van der Waals surface area contributed by atoms with Crippen molar-refractivity contribution >= 4 is 28.2 Å². The molecule has 1 aromatic heterocycles. The van der Waals surface area contributed by atoms with E-state index in [4.69, 9.17) is 11.5 Å². The summed E-state index contributed by atoms with van der Waals surface area (Å²) in [5, 5.41) is 4.72. The number of nitrogens with one attached hydrogen (secondary N) is 1. The van der Waals surface area contributed by atoms with Gasteiger partial charge >= 0.3 is 0 Å². The van der Waals surface area contributed by atoms with Gasteiger partial charge in [-0.1, -0.05) is 6.92 Å². The van der Waals surface area contributed by atoms with Crippen molar-refractivity contribution in [2.45, 2.75) is 19.4 Å². The predicted molar refractivity (Wildman–Crippen MR) is 59.7 cm³/mol. The maximum Gasteiger partial charge on any atom is 0.251 e. The van der Waals surface area contributed by atoms with Crippen molar-refractivity contribution < 1.29 is 9.59 Å². The Bertz CT molecular complexity index is 375. The number of primary amides is 1. The fraction of sp³-hybridized carbons (Fsp3) is 0.333. The molecule has 82 valence electrons. The molecule has 1 aromatic rings. The van der Waals surface area contributed by atoms with Gasteiger partial charge in [0.25, 0.3) is 5.91 Å². The fourth-order valence-corrected chi connectivity index (χ4v) is 1.79. The van der Waals surface area contributed by atoms with Crippen LogP contribution < -0.4 is 16.8 Å². The lowest BCUT2D eigenvalue weighted by atomic mass is 10.2. The van der Waals surface area contributed by atoms with E-state index >= 15 is 0 Å². The number of nitrogens with two attached hydrogens (primary N) is 2. The number of carbonyl (C=O) groups excluding carboxylic acids is 2. The van der Waals surface area contributed by atoms with Crippen LogP contribution in [0.25, 0.3) is 0 Å². The third-order valence-electron chi connectivity index (χ3n) is 1.94. The summed E-state index contributed by atoms with van der Waals surface area (Å²) in [6.45, 7) is 1.81. The van der Waals surface area contributed by atoms with Crippen LogP contribution in [0.2, 0.25) is 0 Å². The molecule has 15 heavy (non-hydrogen) atoms. The zero-order chi connectivity index (χ0) is 11.4. The highest BCUT2D eigenvalue weighted by molar-refractivity contribution is 7.14. The molecule has 1 heterocycles. The highest BCUT2D eigenvalue weighted by Crippen LogP contribution is 2.22. The lowest BCUT2D eigenvalue weighted by molar-refractivity contribution is -0.117. The molecule has 1 atom stereocenters. The maximum atomic E-state index is 11.4. The largest absolute Gasteiger partial charge is 0.366 e. The van der Waals surface area contributed by atoms with Crippen molar-refractivity contribution in [2.24, 2.45) is 11.5 Å². The Hall–Kier alpha value is -1.40. The standard InChI is InChI=1S/C9H13N3O2S/c1-2-6(10)8(14)12-9-5(7(11)13)3-4-15-9/h3-4,6H,2,10H2,1H3,(H2,11,13)(H,12,14)/t6-/m0/s1. The molecule has 0 spiro atoms. The second kappa shape index (κ2) is 4.90. The van der Waals surface area contributed by atoms with Gasteiger partial charge in [0, 0.05) is 0 Å². The summed E-state index contributed by atoms with van der Waals surface area (Å²) in [5.41, 5.74) is 11.0. The first-order valence-corrected chi connectivity index (χ1v) is 5.38. The van der Waals surface area contributed by atoms with Crippen LogP contribution in [0, 0.1) is 0 Å². The topological polar surface area (TPSA) is 98.2 Å². The van der Waals surface area contributed by atoms with Crippen LogP contribution in [-0.4, -0.2) is 17.9 Å². The van der Waals surface area contributed by atoms with Crippen LogP contribution in [0.15, 0.2) is 11.4 Å². The molecule has 0 aliphatic carbocycles. The van der Waals surface area contributed by atoms with Crippen LogP contribution in [0.4, 0.5) is 5.00 Å². The van der Waals surface area contributed by atoms with E-state index < -0.39 is 11.9 Å². The number of amides is 2. The summed E-state index contributed by atoms with van der Waals surface area (Å²) < 4.78 is 0. The van der Waals surface area contributed by atoms with Crippen molar-refractivity contribution in [1.82, 2.24) is 0 Å². The number of rotatable bonds is 4. The zero-order valence-electron chi connectivity index (χ0n) is 8.32. The molecule has 0 saturated heterocycles. The van der Waals surface area contributed by atoms with Crippen LogP contribution >= 0.6 is 11.3 Å². The van der Waals surface area contributed by atoms with Crippen molar-refractivity contribution in [3.05, 3.63) is 17.0 Å². The molecule has 0 aromatic carbocycles. The van der Waals surface area contributed by atoms with Crippen molar-refractivity contribution in [3.63, 3.8) is 0 Å². The summed E-state index contributed by atoms with van der Waals surface area (Å²) in [6, 6.07) is 1.01. The van der Waals surface area contributed by atoms with E-state index in [0.717, 1.165) is 0 Å². The Morgan fingerprint density at radius 1 is 1.60 bits per heavy atom. The second-order valence-corrected chi connectivity index (χ2v) is 3.95. The summed E-state index contributed by atoms with van der Waals surface area (Å²) in [6.07, 6.45) is 0.545.